The fraction of sp³-hybridized carbons (Fsp3) is 0.167. The molecule has 2 aliphatic rings. The smallest absolute Gasteiger partial charge is 0.278 e. The first-order valence-electron chi connectivity index (χ1n) is 10.4. The third-order valence-corrected chi connectivity index (χ3v) is 5.63. The van der Waals surface area contributed by atoms with Gasteiger partial charge in [-0.25, -0.2) is 5.43 Å². The SMILES string of the molecule is CC1CCC(C(=O)Nc2ccc(Cl)cc2)=C2NC=C(C(=O)N/N=C/c3ccccc3)C(=O)N21. The highest BCUT2D eigenvalue weighted by atomic mass is 35.5. The molecule has 1 atom stereocenters. The Balaban J connectivity index is 1.52. The van der Waals surface area contributed by atoms with Gasteiger partial charge in [0.05, 0.1) is 11.8 Å². The second kappa shape index (κ2) is 9.70. The molecule has 33 heavy (non-hydrogen) atoms. The van der Waals surface area contributed by atoms with E-state index >= 15 is 0 Å². The van der Waals surface area contributed by atoms with Gasteiger partial charge in [0.1, 0.15) is 11.4 Å². The summed E-state index contributed by atoms with van der Waals surface area (Å²) in [5.74, 6) is -1.06. The predicted molar refractivity (Wildman–Crippen MR) is 126 cm³/mol. The van der Waals surface area contributed by atoms with Crippen molar-refractivity contribution in [2.75, 3.05) is 5.32 Å². The van der Waals surface area contributed by atoms with E-state index in [2.05, 4.69) is 21.2 Å². The molecule has 9 heteroatoms. The van der Waals surface area contributed by atoms with Gasteiger partial charge < -0.3 is 10.6 Å². The number of hydrazone groups is 1. The van der Waals surface area contributed by atoms with Gasteiger partial charge in [0.15, 0.2) is 0 Å². The van der Waals surface area contributed by atoms with Crippen molar-refractivity contribution >= 4 is 41.2 Å². The number of benzene rings is 2. The zero-order chi connectivity index (χ0) is 23.4. The first-order chi connectivity index (χ1) is 15.9. The number of hydrogen-bond acceptors (Lipinski definition) is 5. The number of carbonyl (C=O) groups is 3. The third-order valence-electron chi connectivity index (χ3n) is 5.38. The molecule has 8 nitrogen and oxygen atoms in total. The van der Waals surface area contributed by atoms with Gasteiger partial charge in [0, 0.05) is 23.0 Å². The van der Waals surface area contributed by atoms with Gasteiger partial charge in [0.2, 0.25) is 0 Å². The highest BCUT2D eigenvalue weighted by Gasteiger charge is 2.38. The van der Waals surface area contributed by atoms with E-state index in [0.29, 0.717) is 34.9 Å². The number of fused-ring (bicyclic) bond motifs is 1. The van der Waals surface area contributed by atoms with Crippen molar-refractivity contribution in [2.24, 2.45) is 5.10 Å². The van der Waals surface area contributed by atoms with Crippen molar-refractivity contribution in [2.45, 2.75) is 25.8 Å². The first kappa shape index (κ1) is 22.3. The molecule has 0 spiro atoms. The number of nitrogens with zero attached hydrogens (tertiary/aromatic N) is 2. The molecule has 0 saturated carbocycles. The topological polar surface area (TPSA) is 103 Å². The van der Waals surface area contributed by atoms with Crippen LogP contribution in [0.15, 0.2) is 82.9 Å². The van der Waals surface area contributed by atoms with Gasteiger partial charge >= 0.3 is 0 Å². The summed E-state index contributed by atoms with van der Waals surface area (Å²) < 4.78 is 0. The van der Waals surface area contributed by atoms with Crippen LogP contribution in [0.3, 0.4) is 0 Å². The van der Waals surface area contributed by atoms with E-state index in [1.54, 1.807) is 24.3 Å². The minimum Gasteiger partial charge on any atom is -0.347 e. The molecule has 2 aliphatic heterocycles. The number of hydrogen-bond donors (Lipinski definition) is 3. The number of nitrogens with one attached hydrogen (secondary N) is 3. The lowest BCUT2D eigenvalue weighted by Gasteiger charge is -2.39. The van der Waals surface area contributed by atoms with Crippen LogP contribution in [0.5, 0.6) is 0 Å². The van der Waals surface area contributed by atoms with E-state index in [0.717, 1.165) is 5.56 Å². The highest BCUT2D eigenvalue weighted by Crippen LogP contribution is 2.30. The van der Waals surface area contributed by atoms with Crippen molar-refractivity contribution in [1.82, 2.24) is 15.6 Å². The quantitative estimate of drug-likeness (QED) is 0.360. The summed E-state index contributed by atoms with van der Waals surface area (Å²) in [6, 6.07) is 15.8. The van der Waals surface area contributed by atoms with E-state index in [1.165, 1.54) is 17.3 Å². The van der Waals surface area contributed by atoms with Crippen LogP contribution in [0, 0.1) is 0 Å². The summed E-state index contributed by atoms with van der Waals surface area (Å²) in [7, 11) is 0. The normalized spacial score (nSPS) is 17.9. The van der Waals surface area contributed by atoms with Crippen LogP contribution in [0.4, 0.5) is 5.69 Å². The van der Waals surface area contributed by atoms with Gasteiger partial charge in [-0.15, -0.1) is 0 Å². The second-order valence-corrected chi connectivity index (χ2v) is 8.10. The molecule has 0 bridgehead atoms. The van der Waals surface area contributed by atoms with Crippen LogP contribution in [-0.4, -0.2) is 34.9 Å². The van der Waals surface area contributed by atoms with Crippen LogP contribution in [-0.2, 0) is 14.4 Å². The maximum Gasteiger partial charge on any atom is 0.278 e. The van der Waals surface area contributed by atoms with E-state index in [4.69, 9.17) is 11.6 Å². The Hall–Kier alpha value is -3.91. The Labute approximate surface area is 196 Å². The molecule has 0 aliphatic carbocycles. The standard InChI is InChI=1S/C24H22ClN5O3/c1-15-7-12-19(22(31)28-18-10-8-17(25)9-11-18)21-26-14-20(24(33)30(15)21)23(32)29-27-13-16-5-3-2-4-6-16/h2-6,8-11,13-15,26H,7,12H2,1H3,(H,28,31)(H,29,32)/b27-13+. The molecule has 4 rings (SSSR count). The summed E-state index contributed by atoms with van der Waals surface area (Å²) in [5.41, 5.74) is 4.14. The number of carbonyl (C=O) groups excluding carboxylic acids is 3. The van der Waals surface area contributed by atoms with Gasteiger partial charge in [-0.1, -0.05) is 41.9 Å². The average molecular weight is 464 g/mol. The molecule has 0 fully saturated rings. The summed E-state index contributed by atoms with van der Waals surface area (Å²) in [6.07, 6.45) is 3.88. The molecule has 2 aromatic rings. The lowest BCUT2D eigenvalue weighted by Crippen LogP contribution is -2.51. The first-order valence-corrected chi connectivity index (χ1v) is 10.8. The summed E-state index contributed by atoms with van der Waals surface area (Å²) in [4.78, 5) is 40.1. The van der Waals surface area contributed by atoms with Gasteiger partial charge in [-0.2, -0.15) is 5.10 Å². The lowest BCUT2D eigenvalue weighted by atomic mass is 9.96. The molecule has 1 unspecified atom stereocenters. The fourth-order valence-corrected chi connectivity index (χ4v) is 3.77. The molecule has 2 aromatic carbocycles. The molecular weight excluding hydrogens is 442 g/mol. The number of rotatable bonds is 5. The molecule has 0 radical (unpaired) electrons. The van der Waals surface area contributed by atoms with E-state index in [1.807, 2.05) is 37.3 Å². The molecular formula is C24H22ClN5O3. The van der Waals surface area contributed by atoms with E-state index in [9.17, 15) is 14.4 Å². The third kappa shape index (κ3) is 4.96. The van der Waals surface area contributed by atoms with Crippen molar-refractivity contribution in [1.29, 1.82) is 0 Å². The average Bonchev–Trinajstić information content (AvgIpc) is 2.81. The molecule has 3 N–H and O–H groups in total. The molecule has 168 valence electrons. The second-order valence-electron chi connectivity index (χ2n) is 7.66. The van der Waals surface area contributed by atoms with Crippen LogP contribution in [0.25, 0.3) is 0 Å². The zero-order valence-electron chi connectivity index (χ0n) is 17.8. The molecule has 0 saturated heterocycles. The fourth-order valence-electron chi connectivity index (χ4n) is 3.65. The number of halogens is 1. The summed E-state index contributed by atoms with van der Waals surface area (Å²) in [6.45, 7) is 1.88. The number of amides is 3. The summed E-state index contributed by atoms with van der Waals surface area (Å²) in [5, 5.41) is 10.3. The Morgan fingerprint density at radius 1 is 1.12 bits per heavy atom. The van der Waals surface area contributed by atoms with Crippen LogP contribution < -0.4 is 16.1 Å². The van der Waals surface area contributed by atoms with Crippen molar-refractivity contribution in [3.05, 3.63) is 88.4 Å². The largest absolute Gasteiger partial charge is 0.347 e. The van der Waals surface area contributed by atoms with Crippen molar-refractivity contribution in [3.8, 4) is 0 Å². The van der Waals surface area contributed by atoms with Gasteiger partial charge in [-0.3, -0.25) is 19.3 Å². The lowest BCUT2D eigenvalue weighted by molar-refractivity contribution is -0.131. The number of anilines is 1. The highest BCUT2D eigenvalue weighted by molar-refractivity contribution is 6.30. The van der Waals surface area contributed by atoms with Gasteiger partial charge in [0.25, 0.3) is 17.7 Å². The Morgan fingerprint density at radius 3 is 2.58 bits per heavy atom. The minimum absolute atomic E-state index is 0.0878. The van der Waals surface area contributed by atoms with E-state index in [-0.39, 0.29) is 17.5 Å². The molecule has 0 aromatic heterocycles. The Morgan fingerprint density at radius 2 is 1.85 bits per heavy atom. The maximum atomic E-state index is 13.1. The zero-order valence-corrected chi connectivity index (χ0v) is 18.6. The van der Waals surface area contributed by atoms with Crippen molar-refractivity contribution < 1.29 is 14.4 Å². The maximum absolute atomic E-state index is 13.1. The Kier molecular flexibility index (Phi) is 6.55. The van der Waals surface area contributed by atoms with Crippen LogP contribution >= 0.6 is 11.6 Å². The molecule has 2 heterocycles. The van der Waals surface area contributed by atoms with Crippen LogP contribution in [0.1, 0.15) is 25.3 Å². The minimum atomic E-state index is -0.635. The molecule has 3 amide bonds. The van der Waals surface area contributed by atoms with Gasteiger partial charge in [-0.05, 0) is 49.6 Å². The monoisotopic (exact) mass is 463 g/mol. The van der Waals surface area contributed by atoms with Crippen molar-refractivity contribution in [3.63, 3.8) is 0 Å². The Bertz CT molecular complexity index is 1170. The van der Waals surface area contributed by atoms with E-state index < -0.39 is 11.8 Å². The van der Waals surface area contributed by atoms with Crippen LogP contribution in [0.2, 0.25) is 5.02 Å². The summed E-state index contributed by atoms with van der Waals surface area (Å²) >= 11 is 5.90. The predicted octanol–water partition coefficient (Wildman–Crippen LogP) is 3.14.